The Labute approximate surface area is 96.0 Å². The summed E-state index contributed by atoms with van der Waals surface area (Å²) in [4.78, 5) is 0. The summed E-state index contributed by atoms with van der Waals surface area (Å²) in [6, 6.07) is 0. The zero-order valence-corrected chi connectivity index (χ0v) is 11.2. The molecule has 1 heteroatoms. The number of hydrogen-bond donors (Lipinski definition) is 0. The normalized spacial score (nSPS) is 59.1. The molecule has 4 rings (SSSR count). The molecule has 0 saturated heterocycles. The number of alkyl halides is 1. The Morgan fingerprint density at radius 2 is 1.43 bits per heavy atom. The first-order valence-corrected chi connectivity index (χ1v) is 6.85. The maximum Gasteiger partial charge on any atom is 0.0319 e. The van der Waals surface area contributed by atoms with Crippen LogP contribution in [0.15, 0.2) is 0 Å². The third-order valence-corrected chi connectivity index (χ3v) is 7.64. The fraction of sp³-hybridized carbons (Fsp3) is 1.00. The minimum absolute atomic E-state index is 0.471. The molecule has 0 nitrogen and oxygen atoms in total. The highest BCUT2D eigenvalue weighted by Gasteiger charge is 2.65. The van der Waals surface area contributed by atoms with E-state index in [0.717, 1.165) is 11.8 Å². The zero-order valence-electron chi connectivity index (χ0n) is 9.57. The summed E-state index contributed by atoms with van der Waals surface area (Å²) in [6.07, 6.45) is 7.38. The molecule has 2 unspecified atom stereocenters. The summed E-state index contributed by atoms with van der Waals surface area (Å²) < 4.78 is 0.471. The molecule has 0 aliphatic heterocycles. The van der Waals surface area contributed by atoms with Crippen LogP contribution in [-0.4, -0.2) is 4.32 Å². The Bertz CT molecular complexity index is 241. The molecule has 4 saturated carbocycles. The van der Waals surface area contributed by atoms with E-state index in [4.69, 9.17) is 0 Å². The van der Waals surface area contributed by atoms with E-state index >= 15 is 0 Å². The van der Waals surface area contributed by atoms with Gasteiger partial charge < -0.3 is 0 Å². The van der Waals surface area contributed by atoms with Crippen LogP contribution in [0.5, 0.6) is 0 Å². The Kier molecular flexibility index (Phi) is 1.67. The van der Waals surface area contributed by atoms with E-state index in [-0.39, 0.29) is 0 Å². The molecule has 0 aromatic rings. The summed E-state index contributed by atoms with van der Waals surface area (Å²) >= 11 is 4.11. The van der Waals surface area contributed by atoms with E-state index in [9.17, 15) is 0 Å². The van der Waals surface area contributed by atoms with Gasteiger partial charge >= 0.3 is 0 Å². The van der Waals surface area contributed by atoms with E-state index in [1.54, 1.807) is 0 Å². The van der Waals surface area contributed by atoms with E-state index in [2.05, 4.69) is 36.7 Å². The quantitative estimate of drug-likeness (QED) is 0.565. The molecule has 0 spiro atoms. The molecule has 4 fully saturated rings. The number of rotatable bonds is 0. The smallest absolute Gasteiger partial charge is 0.0319 e. The van der Waals surface area contributed by atoms with E-state index < -0.39 is 0 Å². The van der Waals surface area contributed by atoms with Gasteiger partial charge in [0.1, 0.15) is 0 Å². The van der Waals surface area contributed by atoms with Gasteiger partial charge in [-0.05, 0) is 54.8 Å². The second kappa shape index (κ2) is 2.42. The van der Waals surface area contributed by atoms with Crippen molar-refractivity contribution in [1.82, 2.24) is 0 Å². The summed E-state index contributed by atoms with van der Waals surface area (Å²) in [7, 11) is 0. The molecule has 4 bridgehead atoms. The average molecular weight is 257 g/mol. The largest absolute Gasteiger partial charge is 0.0847 e. The lowest BCUT2D eigenvalue weighted by Gasteiger charge is -2.68. The molecule has 0 heterocycles. The Morgan fingerprint density at radius 3 is 1.86 bits per heavy atom. The van der Waals surface area contributed by atoms with Gasteiger partial charge in [0, 0.05) is 4.32 Å². The minimum atomic E-state index is 0.471. The van der Waals surface area contributed by atoms with Gasteiger partial charge in [0.05, 0.1) is 0 Å². The van der Waals surface area contributed by atoms with Crippen molar-refractivity contribution in [2.24, 2.45) is 22.7 Å². The average Bonchev–Trinajstić information content (AvgIpc) is 1.98. The molecular formula is C13H21Br. The van der Waals surface area contributed by atoms with Crippen molar-refractivity contribution in [3.05, 3.63) is 0 Å². The third kappa shape index (κ3) is 0.911. The topological polar surface area (TPSA) is 0 Å². The Hall–Kier alpha value is 0.480. The lowest BCUT2D eigenvalue weighted by molar-refractivity contribution is -0.129. The van der Waals surface area contributed by atoms with Gasteiger partial charge in [-0.3, -0.25) is 0 Å². The van der Waals surface area contributed by atoms with Crippen LogP contribution in [0.4, 0.5) is 0 Å². The maximum absolute atomic E-state index is 4.11. The fourth-order valence-electron chi connectivity index (χ4n) is 4.87. The number of hydrogen-bond acceptors (Lipinski definition) is 0. The summed E-state index contributed by atoms with van der Waals surface area (Å²) in [5.41, 5.74) is 1.11. The predicted octanol–water partition coefficient (Wildman–Crippen LogP) is 4.38. The van der Waals surface area contributed by atoms with Crippen molar-refractivity contribution in [3.63, 3.8) is 0 Å². The first-order valence-electron chi connectivity index (χ1n) is 6.05. The van der Waals surface area contributed by atoms with Gasteiger partial charge in [0.15, 0.2) is 0 Å². The molecule has 0 aromatic heterocycles. The standard InChI is InChI=1S/C13H21Br/c1-11(2)12(3)5-9-4-10(6-12)8-13(11,14)7-9/h9-10H,4-8H2,1-3H3. The third-order valence-electron chi connectivity index (χ3n) is 6.00. The monoisotopic (exact) mass is 256 g/mol. The highest BCUT2D eigenvalue weighted by atomic mass is 79.9. The second-order valence-corrected chi connectivity index (χ2v) is 8.45. The van der Waals surface area contributed by atoms with Gasteiger partial charge in [-0.15, -0.1) is 0 Å². The summed E-state index contributed by atoms with van der Waals surface area (Å²) in [6.45, 7) is 7.54. The van der Waals surface area contributed by atoms with Gasteiger partial charge in [-0.25, -0.2) is 0 Å². The molecule has 14 heavy (non-hydrogen) atoms. The van der Waals surface area contributed by atoms with Crippen molar-refractivity contribution in [1.29, 1.82) is 0 Å². The molecule has 4 aliphatic rings. The van der Waals surface area contributed by atoms with E-state index in [1.807, 2.05) is 0 Å². The first kappa shape index (κ1) is 9.69. The van der Waals surface area contributed by atoms with Crippen molar-refractivity contribution in [3.8, 4) is 0 Å². The van der Waals surface area contributed by atoms with Crippen LogP contribution in [0.1, 0.15) is 52.9 Å². The van der Waals surface area contributed by atoms with Crippen LogP contribution in [0.25, 0.3) is 0 Å². The van der Waals surface area contributed by atoms with E-state index in [1.165, 1.54) is 32.1 Å². The van der Waals surface area contributed by atoms with Crippen molar-refractivity contribution in [2.75, 3.05) is 0 Å². The van der Waals surface area contributed by atoms with Gasteiger partial charge in [0.25, 0.3) is 0 Å². The molecule has 0 amide bonds. The molecule has 4 aliphatic carbocycles. The lowest BCUT2D eigenvalue weighted by Crippen LogP contribution is -2.63. The molecule has 0 aromatic carbocycles. The maximum atomic E-state index is 4.11. The van der Waals surface area contributed by atoms with Crippen LogP contribution < -0.4 is 0 Å². The van der Waals surface area contributed by atoms with Crippen LogP contribution in [0.3, 0.4) is 0 Å². The highest BCUT2D eigenvalue weighted by molar-refractivity contribution is 9.10. The van der Waals surface area contributed by atoms with Crippen molar-refractivity contribution >= 4 is 15.9 Å². The summed E-state index contributed by atoms with van der Waals surface area (Å²) in [5.74, 6) is 2.06. The van der Waals surface area contributed by atoms with Crippen LogP contribution in [0, 0.1) is 22.7 Å². The molecule has 2 atom stereocenters. The summed E-state index contributed by atoms with van der Waals surface area (Å²) in [5, 5.41) is 0. The fourth-order valence-corrected chi connectivity index (χ4v) is 6.26. The van der Waals surface area contributed by atoms with Gasteiger partial charge in [-0.2, -0.15) is 0 Å². The van der Waals surface area contributed by atoms with Gasteiger partial charge in [-0.1, -0.05) is 36.7 Å². The molecule has 80 valence electrons. The van der Waals surface area contributed by atoms with E-state index in [0.29, 0.717) is 15.2 Å². The Balaban J connectivity index is 2.10. The minimum Gasteiger partial charge on any atom is -0.0847 e. The highest BCUT2D eigenvalue weighted by Crippen LogP contribution is 2.72. The van der Waals surface area contributed by atoms with Gasteiger partial charge in [0.2, 0.25) is 0 Å². The molecular weight excluding hydrogens is 236 g/mol. The van der Waals surface area contributed by atoms with Crippen molar-refractivity contribution in [2.45, 2.75) is 57.2 Å². The predicted molar refractivity (Wildman–Crippen MR) is 63.6 cm³/mol. The molecule has 0 radical (unpaired) electrons. The number of halogens is 1. The molecule has 0 N–H and O–H groups in total. The Morgan fingerprint density at radius 1 is 0.929 bits per heavy atom. The lowest BCUT2D eigenvalue weighted by atomic mass is 9.40. The van der Waals surface area contributed by atoms with Crippen LogP contribution >= 0.6 is 15.9 Å². The van der Waals surface area contributed by atoms with Crippen LogP contribution in [0.2, 0.25) is 0 Å². The SMILES string of the molecule is CC12CC3CC(C1)CC(Br)(C3)C2(C)C. The zero-order chi connectivity index (χ0) is 10.2. The van der Waals surface area contributed by atoms with Crippen molar-refractivity contribution < 1.29 is 0 Å². The first-order chi connectivity index (χ1) is 6.36. The second-order valence-electron chi connectivity index (χ2n) is 6.94. The van der Waals surface area contributed by atoms with Crippen LogP contribution in [-0.2, 0) is 0 Å².